The Kier molecular flexibility index (Phi) is 7.50. The van der Waals surface area contributed by atoms with Crippen LogP contribution in [0.5, 0.6) is 5.75 Å². The fourth-order valence-electron chi connectivity index (χ4n) is 3.80. The summed E-state index contributed by atoms with van der Waals surface area (Å²) < 4.78 is 0. The van der Waals surface area contributed by atoms with Crippen LogP contribution < -0.4 is 0 Å². The van der Waals surface area contributed by atoms with E-state index < -0.39 is 22.8 Å². The minimum absolute atomic E-state index is 0.326. The lowest BCUT2D eigenvalue weighted by atomic mass is 9.86. The first-order chi connectivity index (χ1) is 13.2. The molecule has 5 nitrogen and oxygen atoms in total. The van der Waals surface area contributed by atoms with Gasteiger partial charge in [-0.2, -0.15) is 0 Å². The molecule has 0 saturated heterocycles. The van der Waals surface area contributed by atoms with Crippen LogP contribution in [-0.4, -0.2) is 27.3 Å². The molecule has 1 aromatic rings. The van der Waals surface area contributed by atoms with Crippen LogP contribution in [0.4, 0.5) is 0 Å². The van der Waals surface area contributed by atoms with E-state index in [2.05, 4.69) is 0 Å². The van der Waals surface area contributed by atoms with Gasteiger partial charge in [-0.25, -0.2) is 0 Å². The van der Waals surface area contributed by atoms with Gasteiger partial charge in [0.05, 0.1) is 10.8 Å². The summed E-state index contributed by atoms with van der Waals surface area (Å²) in [4.78, 5) is 22.4. The van der Waals surface area contributed by atoms with Crippen molar-refractivity contribution in [2.45, 2.75) is 84.5 Å². The summed E-state index contributed by atoms with van der Waals surface area (Å²) >= 11 is 0. The first-order valence-electron chi connectivity index (χ1n) is 10.4. The Balaban J connectivity index is 1.77. The third-order valence-electron chi connectivity index (χ3n) is 6.21. The van der Waals surface area contributed by atoms with Gasteiger partial charge in [0.25, 0.3) is 0 Å². The average molecular weight is 391 g/mol. The van der Waals surface area contributed by atoms with Gasteiger partial charge >= 0.3 is 11.9 Å². The molecule has 0 bridgehead atoms. The quantitative estimate of drug-likeness (QED) is 0.403. The zero-order valence-electron chi connectivity index (χ0n) is 17.2. The number of carbonyl (C=O) groups is 2. The molecule has 1 aromatic carbocycles. The Labute approximate surface area is 167 Å². The number of aromatic hydroxyl groups is 1. The first kappa shape index (κ1) is 22.3. The van der Waals surface area contributed by atoms with Crippen LogP contribution in [0.1, 0.15) is 82.8 Å². The Hall–Kier alpha value is -2.04. The summed E-state index contributed by atoms with van der Waals surface area (Å²) in [6.45, 7) is 3.51. The van der Waals surface area contributed by atoms with Gasteiger partial charge in [0, 0.05) is 0 Å². The van der Waals surface area contributed by atoms with Crippen molar-refractivity contribution in [3.8, 4) is 5.75 Å². The number of benzene rings is 1. The van der Waals surface area contributed by atoms with Crippen molar-refractivity contribution in [2.24, 2.45) is 10.8 Å². The standard InChI is InChI=1S/C23H34O5/c1-22(2,20(25)26)13-7-5-9-17-10-8-12-19(24)18(17)11-4-3-6-14-23(15-16-23)21(27)28/h8,10,12,24H,3-7,9,11,13-16H2,1-2H3,(H,25,26)(H,27,28). The summed E-state index contributed by atoms with van der Waals surface area (Å²) in [6, 6.07) is 5.62. The normalized spacial score (nSPS) is 15.4. The maximum Gasteiger partial charge on any atom is 0.309 e. The van der Waals surface area contributed by atoms with Gasteiger partial charge in [-0.1, -0.05) is 31.4 Å². The lowest BCUT2D eigenvalue weighted by Gasteiger charge is -2.19. The van der Waals surface area contributed by atoms with Crippen LogP contribution in [0, 0.1) is 10.8 Å². The summed E-state index contributed by atoms with van der Waals surface area (Å²) in [6.07, 6.45) is 9.21. The SMILES string of the molecule is CC(C)(CCCCc1cccc(O)c1CCCCCC1(C(=O)O)CC1)C(=O)O. The molecule has 0 atom stereocenters. The van der Waals surface area contributed by atoms with E-state index in [9.17, 15) is 24.9 Å². The number of carboxylic acids is 2. The van der Waals surface area contributed by atoms with E-state index in [0.29, 0.717) is 12.2 Å². The molecular formula is C23H34O5. The molecule has 0 unspecified atom stereocenters. The Morgan fingerprint density at radius 1 is 1.00 bits per heavy atom. The number of phenols is 1. The highest BCUT2D eigenvalue weighted by Crippen LogP contribution is 2.50. The van der Waals surface area contributed by atoms with Crippen LogP contribution in [0.15, 0.2) is 18.2 Å². The monoisotopic (exact) mass is 390 g/mol. The second kappa shape index (κ2) is 9.44. The van der Waals surface area contributed by atoms with Gasteiger partial charge < -0.3 is 15.3 Å². The van der Waals surface area contributed by atoms with Gasteiger partial charge in [0.2, 0.25) is 0 Å². The van der Waals surface area contributed by atoms with E-state index in [1.54, 1.807) is 19.9 Å². The molecule has 2 rings (SSSR count). The van der Waals surface area contributed by atoms with Crippen molar-refractivity contribution < 1.29 is 24.9 Å². The molecule has 1 aliphatic rings. The number of rotatable bonds is 13. The van der Waals surface area contributed by atoms with Gasteiger partial charge in [-0.05, 0) is 82.4 Å². The molecule has 156 valence electrons. The number of aliphatic carboxylic acids is 2. The van der Waals surface area contributed by atoms with Gasteiger partial charge in [-0.15, -0.1) is 0 Å². The van der Waals surface area contributed by atoms with E-state index in [1.807, 2.05) is 12.1 Å². The van der Waals surface area contributed by atoms with Crippen molar-refractivity contribution in [3.63, 3.8) is 0 Å². The Morgan fingerprint density at radius 2 is 1.68 bits per heavy atom. The molecule has 1 aliphatic carbocycles. The fourth-order valence-corrected chi connectivity index (χ4v) is 3.80. The summed E-state index contributed by atoms with van der Waals surface area (Å²) in [5.41, 5.74) is 0.983. The maximum atomic E-state index is 11.2. The van der Waals surface area contributed by atoms with Crippen LogP contribution in [0.25, 0.3) is 0 Å². The largest absolute Gasteiger partial charge is 0.508 e. The minimum Gasteiger partial charge on any atom is -0.508 e. The van der Waals surface area contributed by atoms with Gasteiger partial charge in [0.1, 0.15) is 5.75 Å². The first-order valence-corrected chi connectivity index (χ1v) is 10.4. The number of carboxylic acid groups (broad SMARTS) is 2. The van der Waals surface area contributed by atoms with E-state index in [1.165, 1.54) is 0 Å². The lowest BCUT2D eigenvalue weighted by molar-refractivity contribution is -0.147. The maximum absolute atomic E-state index is 11.2. The van der Waals surface area contributed by atoms with E-state index >= 15 is 0 Å². The Bertz CT molecular complexity index is 688. The molecule has 0 radical (unpaired) electrons. The predicted molar refractivity (Wildman–Crippen MR) is 109 cm³/mol. The third-order valence-corrected chi connectivity index (χ3v) is 6.21. The van der Waals surface area contributed by atoms with Crippen LogP contribution in [0.2, 0.25) is 0 Å². The predicted octanol–water partition coefficient (Wildman–Crippen LogP) is 5.18. The number of hydrogen-bond donors (Lipinski definition) is 3. The van der Waals surface area contributed by atoms with E-state index in [-0.39, 0.29) is 0 Å². The minimum atomic E-state index is -0.763. The van der Waals surface area contributed by atoms with Crippen LogP contribution >= 0.6 is 0 Å². The summed E-state index contributed by atoms with van der Waals surface area (Å²) in [5, 5.41) is 28.7. The number of phenolic OH excluding ortho intramolecular Hbond substituents is 1. The molecule has 1 fully saturated rings. The molecule has 1 saturated carbocycles. The fraction of sp³-hybridized carbons (Fsp3) is 0.652. The van der Waals surface area contributed by atoms with Crippen molar-refractivity contribution in [1.82, 2.24) is 0 Å². The topological polar surface area (TPSA) is 94.8 Å². The zero-order chi connectivity index (χ0) is 20.8. The third kappa shape index (κ3) is 5.98. The summed E-state index contributed by atoms with van der Waals surface area (Å²) in [7, 11) is 0. The van der Waals surface area contributed by atoms with E-state index in [0.717, 1.165) is 75.3 Å². The highest BCUT2D eigenvalue weighted by molar-refractivity contribution is 5.77. The summed E-state index contributed by atoms with van der Waals surface area (Å²) in [5.74, 6) is -1.09. The van der Waals surface area contributed by atoms with Crippen molar-refractivity contribution in [3.05, 3.63) is 29.3 Å². The number of hydrogen-bond acceptors (Lipinski definition) is 3. The molecule has 5 heteroatoms. The smallest absolute Gasteiger partial charge is 0.309 e. The second-order valence-corrected chi connectivity index (χ2v) is 8.96. The molecule has 28 heavy (non-hydrogen) atoms. The lowest BCUT2D eigenvalue weighted by Crippen LogP contribution is -2.23. The average Bonchev–Trinajstić information content (AvgIpc) is 3.41. The number of aryl methyl sites for hydroxylation is 1. The van der Waals surface area contributed by atoms with Crippen molar-refractivity contribution in [2.75, 3.05) is 0 Å². The van der Waals surface area contributed by atoms with E-state index in [4.69, 9.17) is 0 Å². The van der Waals surface area contributed by atoms with Gasteiger partial charge in [-0.3, -0.25) is 9.59 Å². The second-order valence-electron chi connectivity index (χ2n) is 8.96. The molecular weight excluding hydrogens is 356 g/mol. The number of unbranched alkanes of at least 4 members (excludes halogenated alkanes) is 3. The van der Waals surface area contributed by atoms with Crippen molar-refractivity contribution in [1.29, 1.82) is 0 Å². The van der Waals surface area contributed by atoms with Crippen LogP contribution in [0.3, 0.4) is 0 Å². The molecule has 0 aromatic heterocycles. The zero-order valence-corrected chi connectivity index (χ0v) is 17.2. The molecule has 0 amide bonds. The highest BCUT2D eigenvalue weighted by atomic mass is 16.4. The molecule has 0 spiro atoms. The van der Waals surface area contributed by atoms with Crippen LogP contribution in [-0.2, 0) is 22.4 Å². The molecule has 0 aliphatic heterocycles. The Morgan fingerprint density at radius 3 is 2.29 bits per heavy atom. The highest BCUT2D eigenvalue weighted by Gasteiger charge is 2.49. The van der Waals surface area contributed by atoms with Gasteiger partial charge in [0.15, 0.2) is 0 Å². The van der Waals surface area contributed by atoms with Crippen molar-refractivity contribution >= 4 is 11.9 Å². The molecule has 0 heterocycles. The molecule has 3 N–H and O–H groups in total.